The van der Waals surface area contributed by atoms with E-state index >= 15 is 0 Å². The zero-order valence-corrected chi connectivity index (χ0v) is 13.1. The molecule has 0 unspecified atom stereocenters. The third kappa shape index (κ3) is 2.31. The zero-order chi connectivity index (χ0) is 16.6. The predicted molar refractivity (Wildman–Crippen MR) is 94.6 cm³/mol. The van der Waals surface area contributed by atoms with Gasteiger partial charge in [0.15, 0.2) is 17.1 Å². The van der Waals surface area contributed by atoms with Gasteiger partial charge in [-0.15, -0.1) is 10.2 Å². The number of aromatic amines is 1. The Morgan fingerprint density at radius 3 is 2.48 bits per heavy atom. The van der Waals surface area contributed by atoms with Crippen LogP contribution in [-0.4, -0.2) is 24.6 Å². The highest BCUT2D eigenvalue weighted by molar-refractivity contribution is 5.77. The Bertz CT molecular complexity index is 1160. The highest BCUT2D eigenvalue weighted by Gasteiger charge is 2.12. The molecule has 0 saturated heterocycles. The molecule has 6 nitrogen and oxygen atoms in total. The molecule has 0 saturated carbocycles. The molecule has 0 aliphatic carbocycles. The van der Waals surface area contributed by atoms with Crippen LogP contribution in [0.2, 0.25) is 0 Å². The minimum Gasteiger partial charge on any atom is -0.457 e. The molecule has 0 aliphatic heterocycles. The van der Waals surface area contributed by atoms with Crippen molar-refractivity contribution in [1.29, 1.82) is 0 Å². The Balaban J connectivity index is 1.55. The van der Waals surface area contributed by atoms with Crippen molar-refractivity contribution in [1.82, 2.24) is 24.6 Å². The van der Waals surface area contributed by atoms with Crippen LogP contribution < -0.4 is 4.74 Å². The molecule has 3 heterocycles. The van der Waals surface area contributed by atoms with Crippen LogP contribution in [0, 0.1) is 0 Å². The molecule has 0 aliphatic rings. The molecule has 1 N–H and O–H groups in total. The summed E-state index contributed by atoms with van der Waals surface area (Å²) in [6.07, 6.45) is 3.57. The Morgan fingerprint density at radius 2 is 1.64 bits per heavy atom. The minimum atomic E-state index is 0.715. The van der Waals surface area contributed by atoms with E-state index in [0.717, 1.165) is 34.1 Å². The third-order valence-corrected chi connectivity index (χ3v) is 4.03. The molecule has 0 fully saturated rings. The number of rotatable bonds is 3. The second-order valence-corrected chi connectivity index (χ2v) is 5.63. The maximum absolute atomic E-state index is 5.84. The number of ether oxygens (including phenoxy) is 1. The lowest BCUT2D eigenvalue weighted by atomic mass is 10.2. The molecule has 0 spiro atoms. The average molecular weight is 327 g/mol. The van der Waals surface area contributed by atoms with Crippen LogP contribution in [-0.2, 0) is 0 Å². The van der Waals surface area contributed by atoms with E-state index in [4.69, 9.17) is 4.74 Å². The second-order valence-electron chi connectivity index (χ2n) is 5.63. The number of nitrogens with one attached hydrogen (secondary N) is 1. The van der Waals surface area contributed by atoms with Crippen LogP contribution in [0.5, 0.6) is 11.5 Å². The molecule has 2 aromatic carbocycles. The first-order valence-electron chi connectivity index (χ1n) is 7.89. The van der Waals surface area contributed by atoms with Gasteiger partial charge in [-0.05, 0) is 42.5 Å². The van der Waals surface area contributed by atoms with E-state index in [1.807, 2.05) is 71.3 Å². The summed E-state index contributed by atoms with van der Waals surface area (Å²) >= 11 is 0. The average Bonchev–Trinajstić information content (AvgIpc) is 3.29. The quantitative estimate of drug-likeness (QED) is 0.542. The van der Waals surface area contributed by atoms with Gasteiger partial charge in [-0.25, -0.2) is 4.98 Å². The summed E-state index contributed by atoms with van der Waals surface area (Å²) in [5.41, 5.74) is 3.42. The number of para-hydroxylation sites is 1. The fourth-order valence-electron chi connectivity index (χ4n) is 2.86. The number of fused-ring (bicyclic) bond motifs is 3. The molecule has 3 aromatic heterocycles. The van der Waals surface area contributed by atoms with Crippen LogP contribution in [0.3, 0.4) is 0 Å². The fourth-order valence-corrected chi connectivity index (χ4v) is 2.86. The van der Waals surface area contributed by atoms with Crippen molar-refractivity contribution < 1.29 is 4.74 Å². The molecule has 120 valence electrons. The molecule has 0 bridgehead atoms. The van der Waals surface area contributed by atoms with Gasteiger partial charge in [-0.3, -0.25) is 4.40 Å². The maximum Gasteiger partial charge on any atom is 0.180 e. The van der Waals surface area contributed by atoms with Gasteiger partial charge in [-0.2, -0.15) is 0 Å². The maximum atomic E-state index is 5.84. The van der Waals surface area contributed by atoms with Gasteiger partial charge in [0.2, 0.25) is 0 Å². The zero-order valence-electron chi connectivity index (χ0n) is 13.1. The minimum absolute atomic E-state index is 0.715. The van der Waals surface area contributed by atoms with Gasteiger partial charge in [0.25, 0.3) is 0 Å². The first-order chi connectivity index (χ1) is 12.4. The van der Waals surface area contributed by atoms with Crippen LogP contribution in [0.25, 0.3) is 28.2 Å². The van der Waals surface area contributed by atoms with Crippen LogP contribution >= 0.6 is 0 Å². The Hall–Kier alpha value is -3.67. The summed E-state index contributed by atoms with van der Waals surface area (Å²) in [5.74, 6) is 2.36. The van der Waals surface area contributed by atoms with E-state index in [-0.39, 0.29) is 0 Å². The molecule has 6 heteroatoms. The molecular weight excluding hydrogens is 314 g/mol. The van der Waals surface area contributed by atoms with Crippen LogP contribution in [0.15, 0.2) is 73.1 Å². The topological polar surface area (TPSA) is 68.1 Å². The van der Waals surface area contributed by atoms with Gasteiger partial charge < -0.3 is 9.72 Å². The SMILES string of the molecule is c1ccc(Oc2ccc(-c3nnc4cnc5[nH]ccc5n34)cc2)cc1. The second kappa shape index (κ2) is 5.45. The Kier molecular flexibility index (Phi) is 3.00. The van der Waals surface area contributed by atoms with Crippen molar-refractivity contribution in [2.24, 2.45) is 0 Å². The number of hydrogen-bond donors (Lipinski definition) is 1. The molecule has 25 heavy (non-hydrogen) atoms. The highest BCUT2D eigenvalue weighted by Crippen LogP contribution is 2.26. The molecular formula is C19H13N5O. The number of H-pyrrole nitrogens is 1. The lowest BCUT2D eigenvalue weighted by molar-refractivity contribution is 0.483. The first kappa shape index (κ1) is 13.7. The lowest BCUT2D eigenvalue weighted by Crippen LogP contribution is -1.92. The molecule has 5 aromatic rings. The molecule has 0 atom stereocenters. The number of hydrogen-bond acceptors (Lipinski definition) is 4. The monoisotopic (exact) mass is 327 g/mol. The van der Waals surface area contributed by atoms with Crippen molar-refractivity contribution in [2.75, 3.05) is 0 Å². The molecule has 0 radical (unpaired) electrons. The van der Waals surface area contributed by atoms with Crippen molar-refractivity contribution in [2.45, 2.75) is 0 Å². The first-order valence-corrected chi connectivity index (χ1v) is 7.89. The Labute approximate surface area is 142 Å². The van der Waals surface area contributed by atoms with Gasteiger partial charge in [-0.1, -0.05) is 18.2 Å². The van der Waals surface area contributed by atoms with Gasteiger partial charge >= 0.3 is 0 Å². The summed E-state index contributed by atoms with van der Waals surface area (Å²) in [6, 6.07) is 19.5. The number of benzene rings is 2. The normalized spacial score (nSPS) is 11.2. The fraction of sp³-hybridized carbons (Fsp3) is 0. The van der Waals surface area contributed by atoms with Crippen molar-refractivity contribution in [3.63, 3.8) is 0 Å². The van der Waals surface area contributed by atoms with Gasteiger partial charge in [0.05, 0.1) is 11.7 Å². The lowest BCUT2D eigenvalue weighted by Gasteiger charge is -2.06. The van der Waals surface area contributed by atoms with Crippen LogP contribution in [0.1, 0.15) is 0 Å². The largest absolute Gasteiger partial charge is 0.457 e. The van der Waals surface area contributed by atoms with E-state index < -0.39 is 0 Å². The molecule has 0 amide bonds. The Morgan fingerprint density at radius 1 is 0.840 bits per heavy atom. The summed E-state index contributed by atoms with van der Waals surface area (Å²) in [7, 11) is 0. The smallest absolute Gasteiger partial charge is 0.180 e. The van der Waals surface area contributed by atoms with E-state index in [1.165, 1.54) is 0 Å². The summed E-state index contributed by atoms with van der Waals surface area (Å²) < 4.78 is 7.83. The van der Waals surface area contributed by atoms with Crippen molar-refractivity contribution in [3.8, 4) is 22.9 Å². The van der Waals surface area contributed by atoms with E-state index in [0.29, 0.717) is 5.65 Å². The number of aromatic nitrogens is 5. The van der Waals surface area contributed by atoms with Crippen molar-refractivity contribution in [3.05, 3.63) is 73.1 Å². The number of nitrogens with zero attached hydrogens (tertiary/aromatic N) is 4. The summed E-state index contributed by atoms with van der Waals surface area (Å²) in [5, 5.41) is 8.55. The summed E-state index contributed by atoms with van der Waals surface area (Å²) in [4.78, 5) is 7.45. The third-order valence-electron chi connectivity index (χ3n) is 4.03. The van der Waals surface area contributed by atoms with E-state index in [9.17, 15) is 0 Å². The van der Waals surface area contributed by atoms with Crippen LogP contribution in [0.4, 0.5) is 0 Å². The highest BCUT2D eigenvalue weighted by atomic mass is 16.5. The molecule has 5 rings (SSSR count). The van der Waals surface area contributed by atoms with E-state index in [2.05, 4.69) is 20.2 Å². The van der Waals surface area contributed by atoms with E-state index in [1.54, 1.807) is 6.20 Å². The standard InChI is InChI=1S/C19H13N5O/c1-2-4-14(5-3-1)25-15-8-6-13(7-9-15)19-23-22-17-12-21-18-16(24(17)19)10-11-20-18/h1-12,20H. The summed E-state index contributed by atoms with van der Waals surface area (Å²) in [6.45, 7) is 0. The van der Waals surface area contributed by atoms with Gasteiger partial charge in [0, 0.05) is 11.8 Å². The predicted octanol–water partition coefficient (Wildman–Crippen LogP) is 4.06. The van der Waals surface area contributed by atoms with Crippen molar-refractivity contribution >= 4 is 16.8 Å². The van der Waals surface area contributed by atoms with Gasteiger partial charge in [0.1, 0.15) is 11.5 Å².